The van der Waals surface area contributed by atoms with Crippen molar-refractivity contribution in [3.05, 3.63) is 29.8 Å². The van der Waals surface area contributed by atoms with Gasteiger partial charge in [0.25, 0.3) is 0 Å². The Morgan fingerprint density at radius 2 is 1.70 bits per heavy atom. The fraction of sp³-hybridized carbons (Fsp3) is 0.600. The van der Waals surface area contributed by atoms with E-state index in [9.17, 15) is 21.6 Å². The van der Waals surface area contributed by atoms with E-state index in [0.29, 0.717) is 25.7 Å². The van der Waals surface area contributed by atoms with Gasteiger partial charge in [-0.05, 0) is 37.8 Å². The molecule has 2 aliphatic heterocycles. The Balaban J connectivity index is 2.01. The number of rotatable bonds is 3. The predicted molar refractivity (Wildman–Crippen MR) is 77.3 cm³/mol. The predicted octanol–water partition coefficient (Wildman–Crippen LogP) is 3.04. The molecule has 2 aliphatic rings. The van der Waals surface area contributed by atoms with Gasteiger partial charge in [0, 0.05) is 19.2 Å². The molecule has 1 aromatic rings. The first kappa shape index (κ1) is 16.7. The summed E-state index contributed by atoms with van der Waals surface area (Å²) in [6.07, 6.45) is -2.35. The zero-order chi connectivity index (χ0) is 16.8. The Hall–Kier alpha value is -1.12. The summed E-state index contributed by atoms with van der Waals surface area (Å²) in [7, 11) is -2.61. The molecule has 0 aromatic heterocycles. The van der Waals surface area contributed by atoms with Crippen molar-refractivity contribution in [2.75, 3.05) is 7.11 Å². The summed E-state index contributed by atoms with van der Waals surface area (Å²) in [6, 6.07) is 3.81. The summed E-state index contributed by atoms with van der Waals surface area (Å²) in [5.41, 5.74) is -1.10. The van der Waals surface area contributed by atoms with Crippen molar-refractivity contribution in [2.24, 2.45) is 0 Å². The molecule has 2 bridgehead atoms. The lowest BCUT2D eigenvalue weighted by molar-refractivity contribution is -0.140. The van der Waals surface area contributed by atoms with Crippen molar-refractivity contribution in [1.82, 2.24) is 4.31 Å². The second-order valence-corrected chi connectivity index (χ2v) is 7.85. The Morgan fingerprint density at radius 1 is 1.13 bits per heavy atom. The molecule has 2 saturated heterocycles. The fourth-order valence-electron chi connectivity index (χ4n) is 3.71. The van der Waals surface area contributed by atoms with Gasteiger partial charge >= 0.3 is 6.18 Å². The molecule has 2 unspecified atom stereocenters. The minimum absolute atomic E-state index is 0.0307. The summed E-state index contributed by atoms with van der Waals surface area (Å²) >= 11 is 0. The minimum Gasteiger partial charge on any atom is -0.381 e. The van der Waals surface area contributed by atoms with Crippen molar-refractivity contribution in [3.8, 4) is 0 Å². The normalized spacial score (nSPS) is 29.0. The quantitative estimate of drug-likeness (QED) is 0.843. The second-order valence-electron chi connectivity index (χ2n) is 6.04. The van der Waals surface area contributed by atoms with Crippen LogP contribution < -0.4 is 0 Å². The van der Waals surface area contributed by atoms with Crippen LogP contribution in [0.4, 0.5) is 13.2 Å². The molecule has 23 heavy (non-hydrogen) atoms. The number of ether oxygens (including phenoxy) is 1. The van der Waals surface area contributed by atoms with Crippen LogP contribution in [0.1, 0.15) is 31.2 Å². The number of hydrogen-bond acceptors (Lipinski definition) is 3. The number of fused-ring (bicyclic) bond motifs is 2. The van der Waals surface area contributed by atoms with Gasteiger partial charge in [0.2, 0.25) is 10.0 Å². The highest BCUT2D eigenvalue weighted by Gasteiger charge is 2.49. The molecule has 0 spiro atoms. The lowest BCUT2D eigenvalue weighted by Crippen LogP contribution is -2.48. The third-order valence-electron chi connectivity index (χ3n) is 4.70. The van der Waals surface area contributed by atoms with Crippen LogP contribution in [0.2, 0.25) is 0 Å². The molecule has 2 atom stereocenters. The number of piperidine rings is 1. The van der Waals surface area contributed by atoms with Crippen LogP contribution in [0.25, 0.3) is 0 Å². The van der Waals surface area contributed by atoms with Crippen LogP contribution in [-0.2, 0) is 20.9 Å². The Labute approximate surface area is 133 Å². The fourth-order valence-corrected chi connectivity index (χ4v) is 5.82. The number of methoxy groups -OCH3 is 1. The van der Waals surface area contributed by atoms with Crippen molar-refractivity contribution in [3.63, 3.8) is 0 Å². The third kappa shape index (κ3) is 2.88. The Bertz CT molecular complexity index is 675. The van der Waals surface area contributed by atoms with Crippen LogP contribution in [0.3, 0.4) is 0 Å². The van der Waals surface area contributed by atoms with E-state index in [0.717, 1.165) is 12.1 Å². The summed E-state index contributed by atoms with van der Waals surface area (Å²) in [5.74, 6) is 0. The SMILES string of the molecule is COC1CC2CCC(C1)N2S(=O)(=O)c1ccccc1C(F)(F)F. The monoisotopic (exact) mass is 349 g/mol. The summed E-state index contributed by atoms with van der Waals surface area (Å²) < 4.78 is 71.9. The first-order valence-corrected chi connectivity index (χ1v) is 8.91. The molecule has 0 radical (unpaired) electrons. The molecule has 128 valence electrons. The van der Waals surface area contributed by atoms with Gasteiger partial charge in [-0.3, -0.25) is 0 Å². The molecule has 8 heteroatoms. The molecule has 2 fully saturated rings. The highest BCUT2D eigenvalue weighted by Crippen LogP contribution is 2.43. The lowest BCUT2D eigenvalue weighted by Gasteiger charge is -2.37. The topological polar surface area (TPSA) is 46.6 Å². The first-order chi connectivity index (χ1) is 10.7. The van der Waals surface area contributed by atoms with Crippen molar-refractivity contribution in [1.29, 1.82) is 0 Å². The number of benzene rings is 1. The molecule has 0 amide bonds. The van der Waals surface area contributed by atoms with Gasteiger partial charge in [-0.25, -0.2) is 8.42 Å². The molecule has 0 N–H and O–H groups in total. The molecular formula is C15H18F3NO3S. The van der Waals surface area contributed by atoms with E-state index in [1.807, 2.05) is 0 Å². The average molecular weight is 349 g/mol. The van der Waals surface area contributed by atoms with Gasteiger partial charge in [-0.15, -0.1) is 0 Å². The highest BCUT2D eigenvalue weighted by molar-refractivity contribution is 7.89. The number of hydrogen-bond donors (Lipinski definition) is 0. The minimum atomic E-state index is -4.70. The molecule has 3 rings (SSSR count). The second kappa shape index (κ2) is 5.75. The lowest BCUT2D eigenvalue weighted by atomic mass is 10.0. The maximum Gasteiger partial charge on any atom is 0.417 e. The standard InChI is InChI=1S/C15H18F3NO3S/c1-22-12-8-10-6-7-11(9-12)19(10)23(20,21)14-5-3-2-4-13(14)15(16,17)18/h2-5,10-12H,6-9H2,1H3. The smallest absolute Gasteiger partial charge is 0.381 e. The molecule has 1 aromatic carbocycles. The molecule has 4 nitrogen and oxygen atoms in total. The van der Waals surface area contributed by atoms with Gasteiger partial charge in [0.1, 0.15) is 0 Å². The Kier molecular flexibility index (Phi) is 4.18. The number of nitrogens with zero attached hydrogens (tertiary/aromatic N) is 1. The van der Waals surface area contributed by atoms with Crippen molar-refractivity contribution in [2.45, 2.75) is 54.9 Å². The summed E-state index contributed by atoms with van der Waals surface area (Å²) in [6.45, 7) is 0. The van der Waals surface area contributed by atoms with Gasteiger partial charge in [0.15, 0.2) is 0 Å². The van der Waals surface area contributed by atoms with E-state index in [2.05, 4.69) is 0 Å². The number of alkyl halides is 3. The van der Waals surface area contributed by atoms with E-state index >= 15 is 0 Å². The highest BCUT2D eigenvalue weighted by atomic mass is 32.2. The van der Waals surface area contributed by atoms with Gasteiger partial charge in [-0.1, -0.05) is 12.1 Å². The van der Waals surface area contributed by atoms with E-state index in [4.69, 9.17) is 4.74 Å². The van der Waals surface area contributed by atoms with Crippen molar-refractivity contribution < 1.29 is 26.3 Å². The van der Waals surface area contributed by atoms with Gasteiger partial charge in [-0.2, -0.15) is 17.5 Å². The van der Waals surface area contributed by atoms with Crippen molar-refractivity contribution >= 4 is 10.0 Å². The average Bonchev–Trinajstić information content (AvgIpc) is 2.78. The molecule has 0 saturated carbocycles. The van der Waals surface area contributed by atoms with Crippen LogP contribution in [0.5, 0.6) is 0 Å². The maximum absolute atomic E-state index is 13.2. The summed E-state index contributed by atoms with van der Waals surface area (Å²) in [4.78, 5) is -0.653. The van der Waals surface area contributed by atoms with Crippen LogP contribution in [-0.4, -0.2) is 38.0 Å². The van der Waals surface area contributed by atoms with Crippen LogP contribution >= 0.6 is 0 Å². The maximum atomic E-state index is 13.2. The molecule has 0 aliphatic carbocycles. The van der Waals surface area contributed by atoms with Gasteiger partial charge in [0.05, 0.1) is 16.6 Å². The van der Waals surface area contributed by atoms with E-state index in [1.165, 1.54) is 16.4 Å². The van der Waals surface area contributed by atoms with E-state index in [1.54, 1.807) is 7.11 Å². The Morgan fingerprint density at radius 3 is 2.22 bits per heavy atom. The van der Waals surface area contributed by atoms with E-state index in [-0.39, 0.29) is 18.2 Å². The molecule has 2 heterocycles. The first-order valence-electron chi connectivity index (χ1n) is 7.47. The number of halogens is 3. The summed E-state index contributed by atoms with van der Waals surface area (Å²) in [5, 5.41) is 0. The zero-order valence-corrected chi connectivity index (χ0v) is 13.4. The molecular weight excluding hydrogens is 331 g/mol. The van der Waals surface area contributed by atoms with Crippen LogP contribution in [0.15, 0.2) is 29.2 Å². The number of sulfonamides is 1. The van der Waals surface area contributed by atoms with E-state index < -0.39 is 26.7 Å². The zero-order valence-electron chi connectivity index (χ0n) is 12.6. The third-order valence-corrected chi connectivity index (χ3v) is 6.77. The van der Waals surface area contributed by atoms with Gasteiger partial charge < -0.3 is 4.74 Å². The largest absolute Gasteiger partial charge is 0.417 e. The van der Waals surface area contributed by atoms with Crippen LogP contribution in [0, 0.1) is 0 Å².